The summed E-state index contributed by atoms with van der Waals surface area (Å²) < 4.78 is 16.0. The van der Waals surface area contributed by atoms with E-state index in [-0.39, 0.29) is 24.7 Å². The Balaban J connectivity index is 1.89. The van der Waals surface area contributed by atoms with Crippen LogP contribution < -0.4 is 16.6 Å². The number of hydrogen-bond acceptors (Lipinski definition) is 5. The molecule has 0 radical (unpaired) electrons. The lowest BCUT2D eigenvalue weighted by atomic mass is 10.2. The van der Waals surface area contributed by atoms with E-state index in [0.717, 1.165) is 15.3 Å². The summed E-state index contributed by atoms with van der Waals surface area (Å²) in [5.74, 6) is -1.05. The lowest BCUT2D eigenvalue weighted by Crippen LogP contribution is -2.44. The summed E-state index contributed by atoms with van der Waals surface area (Å²) in [6.07, 6.45) is 0.559. The fourth-order valence-electron chi connectivity index (χ4n) is 4.03. The van der Waals surface area contributed by atoms with Crippen LogP contribution in [0.4, 0.5) is 0 Å². The quantitative estimate of drug-likeness (QED) is 0.609. The van der Waals surface area contributed by atoms with Crippen molar-refractivity contribution in [2.24, 2.45) is 0 Å². The van der Waals surface area contributed by atoms with Crippen LogP contribution in [-0.4, -0.2) is 26.5 Å². The Morgan fingerprint density at radius 3 is 2.45 bits per heavy atom. The van der Waals surface area contributed by atoms with Crippen molar-refractivity contribution >= 4 is 24.0 Å². The molecule has 1 aliphatic rings. The molecule has 1 unspecified atom stereocenters. The summed E-state index contributed by atoms with van der Waals surface area (Å²) in [7, 11) is -3.22. The van der Waals surface area contributed by atoms with Gasteiger partial charge in [0.05, 0.1) is 12.6 Å². The summed E-state index contributed by atoms with van der Waals surface area (Å²) in [6, 6.07) is 17.2. The van der Waals surface area contributed by atoms with Gasteiger partial charge in [0, 0.05) is 22.7 Å². The maximum atomic E-state index is 14.0. The SMILES string of the molecule is N#Cc1cn([C@H]2[C@H](O)CCP2(=O)c2ccccc2)c(=O)n(Cc2ccc(Cl)cc2)c1=O. The van der Waals surface area contributed by atoms with Gasteiger partial charge in [-0.25, -0.2) is 4.79 Å². The maximum Gasteiger partial charge on any atom is 0.332 e. The van der Waals surface area contributed by atoms with Gasteiger partial charge in [0.2, 0.25) is 0 Å². The third kappa shape index (κ3) is 3.79. The monoisotopic (exact) mass is 455 g/mol. The van der Waals surface area contributed by atoms with E-state index >= 15 is 0 Å². The molecule has 158 valence electrons. The van der Waals surface area contributed by atoms with E-state index < -0.39 is 30.3 Å². The van der Waals surface area contributed by atoms with Crippen LogP contribution in [0.1, 0.15) is 23.3 Å². The molecule has 1 N–H and O–H groups in total. The summed E-state index contributed by atoms with van der Waals surface area (Å²) in [6.45, 7) is -0.0805. The van der Waals surface area contributed by atoms with Crippen LogP contribution in [-0.2, 0) is 11.1 Å². The van der Waals surface area contributed by atoms with Crippen molar-refractivity contribution in [3.05, 3.63) is 97.8 Å². The Bertz CT molecular complexity index is 1330. The van der Waals surface area contributed by atoms with Crippen LogP contribution in [0, 0.1) is 11.3 Å². The van der Waals surface area contributed by atoms with E-state index in [1.54, 1.807) is 54.6 Å². The maximum absolute atomic E-state index is 14.0. The second kappa shape index (κ2) is 8.32. The molecule has 0 bridgehead atoms. The van der Waals surface area contributed by atoms with Crippen LogP contribution in [0.5, 0.6) is 0 Å². The smallest absolute Gasteiger partial charge is 0.332 e. The van der Waals surface area contributed by atoms with Gasteiger partial charge in [-0.05, 0) is 24.1 Å². The Morgan fingerprint density at radius 1 is 1.13 bits per heavy atom. The van der Waals surface area contributed by atoms with Crippen molar-refractivity contribution < 1.29 is 9.67 Å². The molecule has 1 aliphatic heterocycles. The number of aromatic nitrogens is 2. The van der Waals surface area contributed by atoms with Crippen molar-refractivity contribution in [3.8, 4) is 6.07 Å². The Hall–Kier alpha value is -2.91. The zero-order chi connectivity index (χ0) is 22.2. The van der Waals surface area contributed by atoms with E-state index in [4.69, 9.17) is 11.6 Å². The molecule has 4 rings (SSSR count). The van der Waals surface area contributed by atoms with Crippen molar-refractivity contribution in [2.75, 3.05) is 6.16 Å². The number of benzene rings is 2. The Morgan fingerprint density at radius 2 is 1.81 bits per heavy atom. The number of nitriles is 1. The van der Waals surface area contributed by atoms with Gasteiger partial charge in [0.25, 0.3) is 5.56 Å². The van der Waals surface area contributed by atoms with E-state index in [2.05, 4.69) is 0 Å². The van der Waals surface area contributed by atoms with Crippen molar-refractivity contribution in [3.63, 3.8) is 0 Å². The molecule has 1 fully saturated rings. The lowest BCUT2D eigenvalue weighted by molar-refractivity contribution is 0.150. The molecule has 0 aliphatic carbocycles. The third-order valence-electron chi connectivity index (χ3n) is 5.58. The summed E-state index contributed by atoms with van der Waals surface area (Å²) in [4.78, 5) is 26.1. The van der Waals surface area contributed by atoms with Gasteiger partial charge in [-0.3, -0.25) is 13.9 Å². The zero-order valence-corrected chi connectivity index (χ0v) is 18.0. The molecule has 0 saturated carbocycles. The van der Waals surface area contributed by atoms with Crippen molar-refractivity contribution in [1.29, 1.82) is 5.26 Å². The fraction of sp³-hybridized carbons (Fsp3) is 0.227. The first kappa shape index (κ1) is 21.3. The average molecular weight is 456 g/mol. The first-order valence-corrected chi connectivity index (χ1v) is 12.0. The lowest BCUT2D eigenvalue weighted by Gasteiger charge is -2.26. The number of hydrogen-bond donors (Lipinski definition) is 1. The van der Waals surface area contributed by atoms with Gasteiger partial charge in [0.15, 0.2) is 0 Å². The molecule has 3 aromatic rings. The predicted octanol–water partition coefficient (Wildman–Crippen LogP) is 2.54. The van der Waals surface area contributed by atoms with E-state index in [9.17, 15) is 24.5 Å². The fourth-order valence-corrected chi connectivity index (χ4v) is 7.58. The van der Waals surface area contributed by atoms with Gasteiger partial charge in [-0.2, -0.15) is 5.26 Å². The average Bonchev–Trinajstić information content (AvgIpc) is 3.09. The van der Waals surface area contributed by atoms with Crippen molar-refractivity contribution in [1.82, 2.24) is 9.13 Å². The first-order chi connectivity index (χ1) is 14.8. The topological polar surface area (TPSA) is 105 Å². The van der Waals surface area contributed by atoms with Gasteiger partial charge < -0.3 is 9.67 Å². The molecule has 31 heavy (non-hydrogen) atoms. The zero-order valence-electron chi connectivity index (χ0n) is 16.4. The molecule has 1 aromatic heterocycles. The highest BCUT2D eigenvalue weighted by atomic mass is 35.5. The minimum Gasteiger partial charge on any atom is -0.390 e. The molecule has 2 aromatic carbocycles. The number of aliphatic hydroxyl groups excluding tert-OH is 1. The highest BCUT2D eigenvalue weighted by molar-refractivity contribution is 7.72. The highest BCUT2D eigenvalue weighted by Gasteiger charge is 2.47. The summed E-state index contributed by atoms with van der Waals surface area (Å²) in [5.41, 5.74) is -1.07. The molecule has 3 atom stereocenters. The molecule has 7 nitrogen and oxygen atoms in total. The van der Waals surface area contributed by atoms with Gasteiger partial charge >= 0.3 is 5.69 Å². The summed E-state index contributed by atoms with van der Waals surface area (Å²) >= 11 is 5.91. The molecular formula is C22H19ClN3O4P. The molecule has 9 heteroatoms. The minimum absolute atomic E-state index is 0.0805. The van der Waals surface area contributed by atoms with Crippen LogP contribution in [0.15, 0.2) is 70.4 Å². The molecule has 0 amide bonds. The van der Waals surface area contributed by atoms with Crippen LogP contribution in [0.3, 0.4) is 0 Å². The highest BCUT2D eigenvalue weighted by Crippen LogP contribution is 2.62. The van der Waals surface area contributed by atoms with E-state index in [1.165, 1.54) is 0 Å². The minimum atomic E-state index is -3.22. The van der Waals surface area contributed by atoms with Crippen LogP contribution >= 0.6 is 18.7 Å². The van der Waals surface area contributed by atoms with Gasteiger partial charge in [0.1, 0.15) is 24.6 Å². The summed E-state index contributed by atoms with van der Waals surface area (Å²) in [5, 5.41) is 21.2. The van der Waals surface area contributed by atoms with Gasteiger partial charge in [-0.15, -0.1) is 0 Å². The van der Waals surface area contributed by atoms with E-state index in [1.807, 2.05) is 6.07 Å². The second-order valence-electron chi connectivity index (χ2n) is 7.49. The molecular weight excluding hydrogens is 437 g/mol. The number of aliphatic hydroxyl groups is 1. The molecule has 2 heterocycles. The largest absolute Gasteiger partial charge is 0.390 e. The Kier molecular flexibility index (Phi) is 5.72. The number of halogens is 1. The third-order valence-corrected chi connectivity index (χ3v) is 9.37. The second-order valence-corrected chi connectivity index (χ2v) is 11.0. The van der Waals surface area contributed by atoms with Crippen molar-refractivity contribution in [2.45, 2.75) is 24.9 Å². The standard InChI is InChI=1S/C22H19ClN3O4P/c23-17-8-6-15(7-9-17)13-25-20(28)16(12-24)14-26(22(25)29)21-19(27)10-11-31(21,30)18-4-2-1-3-5-18/h1-9,14,19,21,27H,10-11,13H2/t19-,21-,31?/m1/s1. The molecule has 1 saturated heterocycles. The normalized spacial score (nSPS) is 22.9. The van der Waals surface area contributed by atoms with Gasteiger partial charge in [-0.1, -0.05) is 54.1 Å². The predicted molar refractivity (Wildman–Crippen MR) is 118 cm³/mol. The Labute approximate surface area is 183 Å². The molecule has 0 spiro atoms. The van der Waals surface area contributed by atoms with Crippen LogP contribution in [0.25, 0.3) is 0 Å². The first-order valence-electron chi connectivity index (χ1n) is 9.68. The van der Waals surface area contributed by atoms with E-state index in [0.29, 0.717) is 15.9 Å². The number of nitrogens with zero attached hydrogens (tertiary/aromatic N) is 3. The number of rotatable bonds is 4. The van der Waals surface area contributed by atoms with Crippen LogP contribution in [0.2, 0.25) is 5.02 Å².